The molecule has 1 unspecified atom stereocenters. The topological polar surface area (TPSA) is 106 Å². The Morgan fingerprint density at radius 3 is 3.00 bits per heavy atom. The fourth-order valence-corrected chi connectivity index (χ4v) is 1.13. The first-order chi connectivity index (χ1) is 5.74. The highest BCUT2D eigenvalue weighted by Gasteiger charge is 2.16. The summed E-state index contributed by atoms with van der Waals surface area (Å²) in [6.45, 7) is 1.09. The smallest absolute Gasteiger partial charge is 0.310 e. The SMILES string of the molecule is NCCCN(N)C1=NS(=O)ON1. The van der Waals surface area contributed by atoms with Crippen LogP contribution in [0.3, 0.4) is 0 Å². The van der Waals surface area contributed by atoms with Gasteiger partial charge in [0.2, 0.25) is 5.96 Å². The highest BCUT2D eigenvalue weighted by molar-refractivity contribution is 7.79. The third-order valence-corrected chi connectivity index (χ3v) is 1.79. The zero-order valence-electron chi connectivity index (χ0n) is 6.40. The number of hydrogen-bond donors (Lipinski definition) is 3. The molecule has 0 spiro atoms. The summed E-state index contributed by atoms with van der Waals surface area (Å²) in [5.41, 5.74) is 7.59. The summed E-state index contributed by atoms with van der Waals surface area (Å²) in [7, 11) is 0. The van der Waals surface area contributed by atoms with Crippen LogP contribution in [-0.4, -0.2) is 28.3 Å². The fourth-order valence-electron chi connectivity index (χ4n) is 0.659. The molecule has 0 fully saturated rings. The van der Waals surface area contributed by atoms with Crippen LogP contribution in [0.1, 0.15) is 6.42 Å². The van der Waals surface area contributed by atoms with Crippen molar-refractivity contribution < 1.29 is 8.49 Å². The number of hydrazine groups is 1. The minimum atomic E-state index is -1.66. The summed E-state index contributed by atoms with van der Waals surface area (Å²) in [6.07, 6.45) is 0.740. The van der Waals surface area contributed by atoms with Gasteiger partial charge in [0, 0.05) is 6.54 Å². The van der Waals surface area contributed by atoms with Gasteiger partial charge in [-0.15, -0.1) is 4.40 Å². The van der Waals surface area contributed by atoms with Crippen molar-refractivity contribution in [3.8, 4) is 0 Å². The predicted molar refractivity (Wildman–Crippen MR) is 44.4 cm³/mol. The van der Waals surface area contributed by atoms with Crippen LogP contribution in [0.15, 0.2) is 4.40 Å². The summed E-state index contributed by atoms with van der Waals surface area (Å²) in [5, 5.41) is 1.30. The van der Waals surface area contributed by atoms with E-state index in [4.69, 9.17) is 11.6 Å². The Morgan fingerprint density at radius 2 is 2.50 bits per heavy atom. The van der Waals surface area contributed by atoms with E-state index in [9.17, 15) is 4.21 Å². The van der Waals surface area contributed by atoms with Crippen molar-refractivity contribution in [1.29, 1.82) is 0 Å². The van der Waals surface area contributed by atoms with Crippen molar-refractivity contribution in [2.45, 2.75) is 6.42 Å². The largest absolute Gasteiger partial charge is 0.330 e. The van der Waals surface area contributed by atoms with Gasteiger partial charge in [0.1, 0.15) is 0 Å². The summed E-state index contributed by atoms with van der Waals surface area (Å²) in [6, 6.07) is 0. The van der Waals surface area contributed by atoms with Gasteiger partial charge in [-0.05, 0) is 13.0 Å². The molecule has 7 nitrogen and oxygen atoms in total. The van der Waals surface area contributed by atoms with Gasteiger partial charge in [-0.3, -0.25) is 5.01 Å². The minimum Gasteiger partial charge on any atom is -0.330 e. The molecule has 0 aromatic heterocycles. The predicted octanol–water partition coefficient (Wildman–Crippen LogP) is -2.02. The second kappa shape index (κ2) is 4.36. The number of guanidine groups is 1. The van der Waals surface area contributed by atoms with Crippen LogP contribution in [-0.2, 0) is 15.6 Å². The summed E-state index contributed by atoms with van der Waals surface area (Å²) >= 11 is -1.66. The van der Waals surface area contributed by atoms with Crippen LogP contribution in [0.4, 0.5) is 0 Å². The Bertz CT molecular complexity index is 208. The second-order valence-electron chi connectivity index (χ2n) is 2.15. The van der Waals surface area contributed by atoms with Crippen LogP contribution in [0.25, 0.3) is 0 Å². The quantitative estimate of drug-likeness (QED) is 0.353. The third kappa shape index (κ3) is 2.41. The van der Waals surface area contributed by atoms with Crippen molar-refractivity contribution in [2.75, 3.05) is 13.1 Å². The third-order valence-electron chi connectivity index (χ3n) is 1.24. The summed E-state index contributed by atoms with van der Waals surface area (Å²) < 4.78 is 18.6. The Morgan fingerprint density at radius 1 is 1.75 bits per heavy atom. The molecule has 1 aliphatic heterocycles. The van der Waals surface area contributed by atoms with E-state index < -0.39 is 11.3 Å². The molecule has 1 atom stereocenters. The Kier molecular flexibility index (Phi) is 3.41. The highest BCUT2D eigenvalue weighted by Crippen LogP contribution is 1.97. The van der Waals surface area contributed by atoms with Crippen LogP contribution in [0.2, 0.25) is 0 Å². The van der Waals surface area contributed by atoms with E-state index in [2.05, 4.69) is 14.2 Å². The van der Waals surface area contributed by atoms with E-state index in [-0.39, 0.29) is 5.96 Å². The van der Waals surface area contributed by atoms with E-state index in [0.717, 1.165) is 6.42 Å². The van der Waals surface area contributed by atoms with Gasteiger partial charge >= 0.3 is 11.3 Å². The molecule has 12 heavy (non-hydrogen) atoms. The monoisotopic (exact) mass is 193 g/mol. The zero-order valence-corrected chi connectivity index (χ0v) is 7.21. The van der Waals surface area contributed by atoms with Crippen LogP contribution in [0.5, 0.6) is 0 Å². The number of hydroxylamine groups is 1. The van der Waals surface area contributed by atoms with Crippen LogP contribution >= 0.6 is 0 Å². The molecule has 0 saturated carbocycles. The van der Waals surface area contributed by atoms with Crippen molar-refractivity contribution in [2.24, 2.45) is 16.0 Å². The lowest BCUT2D eigenvalue weighted by Gasteiger charge is -2.15. The fraction of sp³-hybridized carbons (Fsp3) is 0.750. The number of rotatable bonds is 3. The van der Waals surface area contributed by atoms with Gasteiger partial charge in [0.25, 0.3) is 0 Å². The van der Waals surface area contributed by atoms with E-state index in [1.54, 1.807) is 0 Å². The first-order valence-corrected chi connectivity index (χ1v) is 4.43. The van der Waals surface area contributed by atoms with Crippen molar-refractivity contribution >= 4 is 17.2 Å². The number of nitrogens with two attached hydrogens (primary N) is 2. The lowest BCUT2D eigenvalue weighted by atomic mass is 10.4. The Balaban J connectivity index is 2.37. The molecule has 0 saturated heterocycles. The highest BCUT2D eigenvalue weighted by atomic mass is 32.2. The van der Waals surface area contributed by atoms with Crippen molar-refractivity contribution in [3.63, 3.8) is 0 Å². The van der Waals surface area contributed by atoms with Crippen molar-refractivity contribution in [3.05, 3.63) is 0 Å². The van der Waals surface area contributed by atoms with E-state index >= 15 is 0 Å². The Hall–Kier alpha value is -0.700. The number of nitrogens with zero attached hydrogens (tertiary/aromatic N) is 2. The molecule has 5 N–H and O–H groups in total. The van der Waals surface area contributed by atoms with Gasteiger partial charge < -0.3 is 5.73 Å². The van der Waals surface area contributed by atoms with Crippen LogP contribution in [0, 0.1) is 0 Å². The molecular weight excluding hydrogens is 182 g/mol. The molecule has 0 aromatic carbocycles. The molecule has 0 aromatic rings. The maximum absolute atomic E-state index is 10.6. The normalized spacial score (nSPS) is 21.8. The molecule has 0 aliphatic carbocycles. The first kappa shape index (κ1) is 9.39. The standard InChI is InChI=1S/C4H11N5O2S/c5-2-1-3-9(6)4-7-11-12(10)8-4/h1-3,5-6H2,(H,7,8). The van der Waals surface area contributed by atoms with Gasteiger partial charge in [-0.1, -0.05) is 0 Å². The van der Waals surface area contributed by atoms with Crippen LogP contribution < -0.4 is 17.1 Å². The van der Waals surface area contributed by atoms with E-state index in [1.165, 1.54) is 5.01 Å². The zero-order chi connectivity index (χ0) is 8.97. The second-order valence-corrected chi connectivity index (χ2v) is 2.94. The number of nitrogens with one attached hydrogen (secondary N) is 1. The molecule has 0 bridgehead atoms. The minimum absolute atomic E-state index is 0.266. The van der Waals surface area contributed by atoms with Gasteiger partial charge in [0.15, 0.2) is 0 Å². The molecule has 1 heterocycles. The number of hydrogen-bond acceptors (Lipinski definition) is 6. The molecule has 0 amide bonds. The molecule has 1 aliphatic rings. The first-order valence-electron chi connectivity index (χ1n) is 3.40. The maximum atomic E-state index is 10.6. The lowest BCUT2D eigenvalue weighted by Crippen LogP contribution is -2.44. The van der Waals surface area contributed by atoms with Gasteiger partial charge in [-0.25, -0.2) is 15.5 Å². The average molecular weight is 193 g/mol. The van der Waals surface area contributed by atoms with E-state index in [0.29, 0.717) is 13.1 Å². The Labute approximate surface area is 72.5 Å². The average Bonchev–Trinajstić information content (AvgIpc) is 2.47. The summed E-state index contributed by atoms with van der Waals surface area (Å²) in [5.74, 6) is 5.76. The molecule has 0 radical (unpaired) electrons. The molecule has 1 rings (SSSR count). The maximum Gasteiger partial charge on any atom is 0.310 e. The lowest BCUT2D eigenvalue weighted by molar-refractivity contribution is 0.276. The van der Waals surface area contributed by atoms with Crippen molar-refractivity contribution in [1.82, 2.24) is 10.5 Å². The van der Waals surface area contributed by atoms with Gasteiger partial charge in [-0.2, -0.15) is 4.28 Å². The van der Waals surface area contributed by atoms with Gasteiger partial charge in [0.05, 0.1) is 0 Å². The van der Waals surface area contributed by atoms with E-state index in [1.807, 2.05) is 0 Å². The molecule has 8 heteroatoms. The summed E-state index contributed by atoms with van der Waals surface area (Å²) in [4.78, 5) is 0. The molecular formula is C4H11N5O2S. The molecule has 70 valence electrons.